The van der Waals surface area contributed by atoms with E-state index in [0.717, 1.165) is 48.1 Å². The van der Waals surface area contributed by atoms with Crippen LogP contribution in [-0.4, -0.2) is 31.6 Å². The van der Waals surface area contributed by atoms with Gasteiger partial charge < -0.3 is 4.74 Å². The Morgan fingerprint density at radius 3 is 2.54 bits per heavy atom. The third-order valence-electron chi connectivity index (χ3n) is 7.02. The number of hydrogen-bond acceptors (Lipinski definition) is 6. The Bertz CT molecular complexity index is 1420. The Kier molecular flexibility index (Phi) is 6.28. The van der Waals surface area contributed by atoms with E-state index in [4.69, 9.17) is 4.74 Å². The van der Waals surface area contributed by atoms with Gasteiger partial charge in [0, 0.05) is 24.2 Å². The van der Waals surface area contributed by atoms with Crippen molar-refractivity contribution in [3.8, 4) is 5.88 Å². The van der Waals surface area contributed by atoms with Crippen molar-refractivity contribution < 1.29 is 9.13 Å². The van der Waals surface area contributed by atoms with E-state index in [1.807, 2.05) is 26.0 Å². The van der Waals surface area contributed by atoms with Crippen LogP contribution in [0.5, 0.6) is 5.88 Å². The first-order valence-corrected chi connectivity index (χ1v) is 11.9. The average molecular weight is 474 g/mol. The molecule has 0 N–H and O–H groups in total. The van der Waals surface area contributed by atoms with Gasteiger partial charge in [-0.3, -0.25) is 19.3 Å². The van der Waals surface area contributed by atoms with Gasteiger partial charge in [0.2, 0.25) is 5.88 Å². The van der Waals surface area contributed by atoms with Crippen LogP contribution in [0.2, 0.25) is 0 Å². The molecule has 0 unspecified atom stereocenters. The maximum atomic E-state index is 14.6. The summed E-state index contributed by atoms with van der Waals surface area (Å²) in [5.74, 6) is 0.485. The second-order valence-corrected chi connectivity index (χ2v) is 9.24. The molecule has 5 rings (SSSR count). The van der Waals surface area contributed by atoms with E-state index in [1.54, 1.807) is 29.2 Å². The van der Waals surface area contributed by atoms with Gasteiger partial charge in [0.15, 0.2) is 5.65 Å². The second-order valence-electron chi connectivity index (χ2n) is 9.24. The predicted octanol–water partition coefficient (Wildman–Crippen LogP) is 4.84. The molecule has 0 spiro atoms. The van der Waals surface area contributed by atoms with Gasteiger partial charge in [0.05, 0.1) is 19.3 Å². The number of nitrogens with zero attached hydrogens (tertiary/aromatic N) is 5. The molecular weight excluding hydrogens is 445 g/mol. The highest BCUT2D eigenvalue weighted by atomic mass is 19.1. The van der Waals surface area contributed by atoms with Gasteiger partial charge in [-0.25, -0.2) is 14.4 Å². The molecule has 0 radical (unpaired) electrons. The number of benzene rings is 1. The summed E-state index contributed by atoms with van der Waals surface area (Å²) in [4.78, 5) is 31.6. The van der Waals surface area contributed by atoms with Gasteiger partial charge in [-0.05, 0) is 74.6 Å². The first-order valence-electron chi connectivity index (χ1n) is 11.9. The molecule has 0 atom stereocenters. The van der Waals surface area contributed by atoms with Crippen molar-refractivity contribution in [2.75, 3.05) is 7.11 Å². The lowest BCUT2D eigenvalue weighted by Gasteiger charge is -2.30. The molecule has 35 heavy (non-hydrogen) atoms. The van der Waals surface area contributed by atoms with Crippen LogP contribution in [0.15, 0.2) is 47.7 Å². The molecule has 0 aliphatic heterocycles. The lowest BCUT2D eigenvalue weighted by atomic mass is 9.75. The highest BCUT2D eigenvalue weighted by Crippen LogP contribution is 2.41. The van der Waals surface area contributed by atoms with Gasteiger partial charge in [0.1, 0.15) is 17.0 Å². The maximum Gasteiger partial charge on any atom is 0.256 e. The van der Waals surface area contributed by atoms with Crippen molar-refractivity contribution in [1.82, 2.24) is 24.5 Å². The van der Waals surface area contributed by atoms with E-state index in [-0.39, 0.29) is 29.8 Å². The molecule has 3 aromatic heterocycles. The van der Waals surface area contributed by atoms with Crippen LogP contribution < -0.4 is 10.3 Å². The molecule has 1 fully saturated rings. The molecule has 7 nitrogen and oxygen atoms in total. The number of rotatable bonds is 5. The molecule has 8 heteroatoms. The number of pyridine rings is 1. The largest absolute Gasteiger partial charge is 0.480 e. The van der Waals surface area contributed by atoms with E-state index in [1.165, 1.54) is 13.2 Å². The number of hydrogen-bond donors (Lipinski definition) is 0. The van der Waals surface area contributed by atoms with Gasteiger partial charge in [-0.2, -0.15) is 0 Å². The third kappa shape index (κ3) is 4.40. The fourth-order valence-corrected chi connectivity index (χ4v) is 5.31. The Labute approximate surface area is 203 Å². The van der Waals surface area contributed by atoms with Crippen LogP contribution in [0.3, 0.4) is 0 Å². The highest BCUT2D eigenvalue weighted by molar-refractivity contribution is 5.71. The van der Waals surface area contributed by atoms with Crippen molar-refractivity contribution in [1.29, 1.82) is 0 Å². The van der Waals surface area contributed by atoms with Gasteiger partial charge in [-0.1, -0.05) is 12.1 Å². The summed E-state index contributed by atoms with van der Waals surface area (Å²) in [7, 11) is 1.53. The van der Waals surface area contributed by atoms with E-state index < -0.39 is 0 Å². The van der Waals surface area contributed by atoms with Crippen LogP contribution in [-0.2, 0) is 6.54 Å². The van der Waals surface area contributed by atoms with Crippen LogP contribution in [0.1, 0.15) is 65.6 Å². The number of methoxy groups -OCH3 is 1. The fourth-order valence-electron chi connectivity index (χ4n) is 5.31. The minimum atomic E-state index is -0.134. The molecule has 1 aliphatic carbocycles. The molecule has 3 heterocycles. The van der Waals surface area contributed by atoms with Crippen molar-refractivity contribution >= 4 is 11.2 Å². The lowest BCUT2D eigenvalue weighted by Crippen LogP contribution is -2.29. The van der Waals surface area contributed by atoms with Crippen molar-refractivity contribution in [2.24, 2.45) is 0 Å². The molecule has 0 saturated heterocycles. The Balaban J connectivity index is 1.51. The topological polar surface area (TPSA) is 82.8 Å². The van der Waals surface area contributed by atoms with Gasteiger partial charge >= 0.3 is 0 Å². The molecule has 1 saturated carbocycles. The second kappa shape index (κ2) is 9.52. The maximum absolute atomic E-state index is 14.6. The van der Waals surface area contributed by atoms with E-state index in [2.05, 4.69) is 19.9 Å². The van der Waals surface area contributed by atoms with Crippen LogP contribution >= 0.6 is 0 Å². The smallest absolute Gasteiger partial charge is 0.256 e. The number of ether oxygens (including phenoxy) is 1. The molecule has 1 aromatic carbocycles. The minimum Gasteiger partial charge on any atom is -0.480 e. The highest BCUT2D eigenvalue weighted by Gasteiger charge is 2.29. The standard InChI is InChI=1S/C27H28FN5O2/c1-16-5-4-6-21(28)24(16)19-9-7-18(8-10-19)20-13-22-25(32-17(2)14-31-22)33(27(20)34)15-23-26(35-3)30-12-11-29-23/h4-6,11-14,18-19H,7-10,15H2,1-3H3. The average Bonchev–Trinajstić information content (AvgIpc) is 2.86. The zero-order valence-electron chi connectivity index (χ0n) is 20.2. The summed E-state index contributed by atoms with van der Waals surface area (Å²) in [6.45, 7) is 4.00. The quantitative estimate of drug-likeness (QED) is 0.413. The zero-order chi connectivity index (χ0) is 24.5. The summed E-state index contributed by atoms with van der Waals surface area (Å²) < 4.78 is 21.5. The summed E-state index contributed by atoms with van der Waals surface area (Å²) in [6, 6.07) is 7.14. The molecule has 0 bridgehead atoms. The zero-order valence-corrected chi connectivity index (χ0v) is 20.2. The number of halogens is 1. The lowest BCUT2D eigenvalue weighted by molar-refractivity contribution is 0.382. The molecule has 180 valence electrons. The molecule has 4 aromatic rings. The van der Waals surface area contributed by atoms with Crippen molar-refractivity contribution in [3.63, 3.8) is 0 Å². The first kappa shape index (κ1) is 23.1. The van der Waals surface area contributed by atoms with Gasteiger partial charge in [-0.15, -0.1) is 0 Å². The Hall–Kier alpha value is -3.68. The molecule has 1 aliphatic rings. The predicted molar refractivity (Wildman–Crippen MR) is 131 cm³/mol. The van der Waals surface area contributed by atoms with Crippen molar-refractivity contribution in [3.05, 3.63) is 87.1 Å². The Morgan fingerprint density at radius 1 is 1.06 bits per heavy atom. The summed E-state index contributed by atoms with van der Waals surface area (Å²) in [6.07, 6.45) is 8.14. The number of aromatic nitrogens is 5. The number of aryl methyl sites for hydroxylation is 2. The van der Waals surface area contributed by atoms with Gasteiger partial charge in [0.25, 0.3) is 5.56 Å². The normalized spacial score (nSPS) is 18.1. The molecule has 0 amide bonds. The van der Waals surface area contributed by atoms with E-state index in [9.17, 15) is 9.18 Å². The molecular formula is C27H28FN5O2. The first-order chi connectivity index (χ1) is 17.0. The van der Waals surface area contributed by atoms with E-state index in [0.29, 0.717) is 22.7 Å². The van der Waals surface area contributed by atoms with E-state index >= 15 is 0 Å². The third-order valence-corrected chi connectivity index (χ3v) is 7.02. The van der Waals surface area contributed by atoms with Crippen LogP contribution in [0, 0.1) is 19.7 Å². The minimum absolute atomic E-state index is 0.0772. The summed E-state index contributed by atoms with van der Waals surface area (Å²) in [5, 5.41) is 0. The van der Waals surface area contributed by atoms with Crippen LogP contribution in [0.25, 0.3) is 11.2 Å². The monoisotopic (exact) mass is 473 g/mol. The fraction of sp³-hybridized carbons (Fsp3) is 0.370. The Morgan fingerprint density at radius 2 is 1.80 bits per heavy atom. The van der Waals surface area contributed by atoms with Crippen molar-refractivity contribution in [2.45, 2.75) is 57.9 Å². The van der Waals surface area contributed by atoms with Crippen LogP contribution in [0.4, 0.5) is 4.39 Å². The SMILES string of the molecule is COc1nccnc1Cn1c(=O)c(C2CCC(c3c(C)cccc3F)CC2)cc2ncc(C)nc21. The number of fused-ring (bicyclic) bond motifs is 1. The summed E-state index contributed by atoms with van der Waals surface area (Å²) >= 11 is 0. The summed E-state index contributed by atoms with van der Waals surface area (Å²) in [5.41, 5.74) is 4.89.